The Labute approximate surface area is 152 Å². The van der Waals surface area contributed by atoms with Crippen LogP contribution in [0.2, 0.25) is 0 Å². The molecule has 0 aliphatic carbocycles. The van der Waals surface area contributed by atoms with Gasteiger partial charge in [-0.1, -0.05) is 19.4 Å². The first-order chi connectivity index (χ1) is 12.6. The lowest BCUT2D eigenvalue weighted by Crippen LogP contribution is -2.20. The Balaban J connectivity index is 1.83. The summed E-state index contributed by atoms with van der Waals surface area (Å²) in [5.74, 6) is -0.271. The van der Waals surface area contributed by atoms with Gasteiger partial charge >= 0.3 is 5.97 Å². The molecule has 1 amide bonds. The van der Waals surface area contributed by atoms with Crippen LogP contribution >= 0.6 is 0 Å². The van der Waals surface area contributed by atoms with Crippen LogP contribution in [0.1, 0.15) is 35.7 Å². The number of ether oxygens (including phenoxy) is 2. The summed E-state index contributed by atoms with van der Waals surface area (Å²) >= 11 is 0. The first kappa shape index (κ1) is 19.0. The molecule has 134 valence electrons. The second-order valence-corrected chi connectivity index (χ2v) is 5.54. The Bertz CT molecular complexity index is 794. The van der Waals surface area contributed by atoms with Gasteiger partial charge in [0, 0.05) is 5.69 Å². The maximum atomic E-state index is 11.9. The fourth-order valence-electron chi connectivity index (χ4n) is 2.08. The van der Waals surface area contributed by atoms with E-state index in [1.807, 2.05) is 13.0 Å². The van der Waals surface area contributed by atoms with E-state index in [1.54, 1.807) is 48.5 Å². The van der Waals surface area contributed by atoms with Crippen molar-refractivity contribution >= 4 is 17.6 Å². The number of hydrogen-bond acceptors (Lipinski definition) is 5. The number of benzene rings is 2. The van der Waals surface area contributed by atoms with Crippen LogP contribution in [0.15, 0.2) is 48.5 Å². The largest absolute Gasteiger partial charge is 0.484 e. The zero-order valence-corrected chi connectivity index (χ0v) is 14.5. The highest BCUT2D eigenvalue weighted by molar-refractivity contribution is 5.93. The summed E-state index contributed by atoms with van der Waals surface area (Å²) in [7, 11) is 0. The molecule has 0 saturated carbocycles. The summed E-state index contributed by atoms with van der Waals surface area (Å²) in [5.41, 5.74) is 1.45. The van der Waals surface area contributed by atoms with Gasteiger partial charge in [0.25, 0.3) is 5.91 Å². The zero-order chi connectivity index (χ0) is 18.8. The topological polar surface area (TPSA) is 88.4 Å². The highest BCUT2D eigenvalue weighted by Gasteiger charge is 2.08. The second-order valence-electron chi connectivity index (χ2n) is 5.54. The number of hydrogen-bond donors (Lipinski definition) is 1. The number of nitrogens with one attached hydrogen (secondary N) is 1. The average Bonchev–Trinajstić information content (AvgIpc) is 2.67. The van der Waals surface area contributed by atoms with Crippen molar-refractivity contribution in [2.75, 3.05) is 18.5 Å². The molecule has 0 unspecified atom stereocenters. The van der Waals surface area contributed by atoms with Crippen molar-refractivity contribution in [3.8, 4) is 11.8 Å². The third-order valence-corrected chi connectivity index (χ3v) is 3.47. The van der Waals surface area contributed by atoms with Gasteiger partial charge in [-0.3, -0.25) is 4.79 Å². The summed E-state index contributed by atoms with van der Waals surface area (Å²) in [4.78, 5) is 23.8. The molecule has 0 spiro atoms. The van der Waals surface area contributed by atoms with Gasteiger partial charge < -0.3 is 14.8 Å². The molecule has 0 radical (unpaired) electrons. The van der Waals surface area contributed by atoms with E-state index in [1.165, 1.54) is 0 Å². The lowest BCUT2D eigenvalue weighted by atomic mass is 10.2. The maximum absolute atomic E-state index is 11.9. The fourth-order valence-corrected chi connectivity index (χ4v) is 2.08. The number of carbonyl (C=O) groups excluding carboxylic acids is 2. The minimum Gasteiger partial charge on any atom is -0.484 e. The Hall–Kier alpha value is -3.33. The molecule has 0 heterocycles. The molecule has 2 aromatic carbocycles. The molecule has 0 fully saturated rings. The number of rotatable bonds is 8. The van der Waals surface area contributed by atoms with E-state index in [-0.39, 0.29) is 18.5 Å². The SMILES string of the molecule is CCCCOC(=O)c1ccc(NC(=O)COc2cccc(C#N)c2)cc1. The van der Waals surface area contributed by atoms with Crippen molar-refractivity contribution in [2.45, 2.75) is 19.8 Å². The van der Waals surface area contributed by atoms with Crippen LogP contribution in [0, 0.1) is 11.3 Å². The van der Waals surface area contributed by atoms with E-state index < -0.39 is 0 Å². The predicted octanol–water partition coefficient (Wildman–Crippen LogP) is 3.53. The number of amides is 1. The van der Waals surface area contributed by atoms with Gasteiger partial charge in [0.15, 0.2) is 6.61 Å². The van der Waals surface area contributed by atoms with Crippen LogP contribution in [0.25, 0.3) is 0 Å². The first-order valence-corrected chi connectivity index (χ1v) is 8.32. The Morgan fingerprint density at radius 2 is 1.92 bits per heavy atom. The molecule has 6 heteroatoms. The summed E-state index contributed by atoms with van der Waals surface area (Å²) in [6.07, 6.45) is 1.79. The number of carbonyl (C=O) groups is 2. The van der Waals surface area contributed by atoms with Crippen molar-refractivity contribution in [3.63, 3.8) is 0 Å². The van der Waals surface area contributed by atoms with E-state index in [0.717, 1.165) is 12.8 Å². The summed E-state index contributed by atoms with van der Waals surface area (Å²) in [5, 5.41) is 11.5. The fraction of sp³-hybridized carbons (Fsp3) is 0.250. The number of anilines is 1. The van der Waals surface area contributed by atoms with Crippen LogP contribution in [0.3, 0.4) is 0 Å². The van der Waals surface area contributed by atoms with Crippen LogP contribution in [0.5, 0.6) is 5.75 Å². The van der Waals surface area contributed by atoms with Crippen LogP contribution in [-0.4, -0.2) is 25.1 Å². The second kappa shape index (κ2) is 9.84. The molecule has 0 saturated heterocycles. The van der Waals surface area contributed by atoms with Gasteiger partial charge in [-0.25, -0.2) is 4.79 Å². The third kappa shape index (κ3) is 5.95. The summed E-state index contributed by atoms with van der Waals surface area (Å²) < 4.78 is 10.5. The van der Waals surface area contributed by atoms with E-state index in [0.29, 0.717) is 29.2 Å². The molecule has 0 bridgehead atoms. The molecule has 2 rings (SSSR count). The predicted molar refractivity (Wildman–Crippen MR) is 96.9 cm³/mol. The van der Waals surface area contributed by atoms with Crippen molar-refractivity contribution < 1.29 is 19.1 Å². The van der Waals surface area contributed by atoms with E-state index in [2.05, 4.69) is 5.32 Å². The van der Waals surface area contributed by atoms with Crippen LogP contribution in [0.4, 0.5) is 5.69 Å². The highest BCUT2D eigenvalue weighted by atomic mass is 16.5. The van der Waals surface area contributed by atoms with Gasteiger partial charge in [-0.2, -0.15) is 5.26 Å². The smallest absolute Gasteiger partial charge is 0.338 e. The Morgan fingerprint density at radius 1 is 1.15 bits per heavy atom. The lowest BCUT2D eigenvalue weighted by molar-refractivity contribution is -0.118. The highest BCUT2D eigenvalue weighted by Crippen LogP contribution is 2.13. The monoisotopic (exact) mass is 352 g/mol. The molecule has 1 N–H and O–H groups in total. The minimum absolute atomic E-state index is 0.185. The molecule has 0 aromatic heterocycles. The normalized spacial score (nSPS) is 9.85. The van der Waals surface area contributed by atoms with E-state index >= 15 is 0 Å². The van der Waals surface area contributed by atoms with Crippen molar-refractivity contribution in [1.82, 2.24) is 0 Å². The molecular formula is C20H20N2O4. The molecule has 6 nitrogen and oxygen atoms in total. The van der Waals surface area contributed by atoms with Crippen LogP contribution < -0.4 is 10.1 Å². The quantitative estimate of drug-likeness (QED) is 0.580. The van der Waals surface area contributed by atoms with Gasteiger partial charge in [-0.05, 0) is 48.9 Å². The first-order valence-electron chi connectivity index (χ1n) is 8.32. The van der Waals surface area contributed by atoms with Gasteiger partial charge in [-0.15, -0.1) is 0 Å². The van der Waals surface area contributed by atoms with Gasteiger partial charge in [0.05, 0.1) is 23.8 Å². The third-order valence-electron chi connectivity index (χ3n) is 3.47. The van der Waals surface area contributed by atoms with Crippen LogP contribution in [-0.2, 0) is 9.53 Å². The number of nitriles is 1. The standard InChI is InChI=1S/C20H20N2O4/c1-2-3-11-25-20(24)16-7-9-17(10-8-16)22-19(23)14-26-18-6-4-5-15(12-18)13-21/h4-10,12H,2-3,11,14H2,1H3,(H,22,23). The molecule has 0 atom stereocenters. The summed E-state index contributed by atoms with van der Waals surface area (Å²) in [6.45, 7) is 2.24. The Kier molecular flexibility index (Phi) is 7.19. The van der Waals surface area contributed by atoms with Crippen molar-refractivity contribution in [2.24, 2.45) is 0 Å². The summed E-state index contributed by atoms with van der Waals surface area (Å²) in [6, 6.07) is 15.0. The molecule has 0 aliphatic heterocycles. The van der Waals surface area contributed by atoms with E-state index in [9.17, 15) is 9.59 Å². The number of esters is 1. The molecule has 26 heavy (non-hydrogen) atoms. The lowest BCUT2D eigenvalue weighted by Gasteiger charge is -2.08. The molecule has 2 aromatic rings. The molecular weight excluding hydrogens is 332 g/mol. The maximum Gasteiger partial charge on any atom is 0.338 e. The zero-order valence-electron chi connectivity index (χ0n) is 14.5. The average molecular weight is 352 g/mol. The minimum atomic E-state index is -0.378. The molecule has 0 aliphatic rings. The van der Waals surface area contributed by atoms with Gasteiger partial charge in [0.2, 0.25) is 0 Å². The Morgan fingerprint density at radius 3 is 2.62 bits per heavy atom. The van der Waals surface area contributed by atoms with Gasteiger partial charge in [0.1, 0.15) is 5.75 Å². The van der Waals surface area contributed by atoms with Crippen molar-refractivity contribution in [3.05, 3.63) is 59.7 Å². The van der Waals surface area contributed by atoms with E-state index in [4.69, 9.17) is 14.7 Å². The number of unbranched alkanes of at least 4 members (excludes halogenated alkanes) is 1. The van der Waals surface area contributed by atoms with Crippen molar-refractivity contribution in [1.29, 1.82) is 5.26 Å². The number of nitrogens with zero attached hydrogens (tertiary/aromatic N) is 1.